The molecule has 0 bridgehead atoms. The quantitative estimate of drug-likeness (QED) is 0.741. The van der Waals surface area contributed by atoms with E-state index in [0.29, 0.717) is 17.9 Å². The molecule has 0 radical (unpaired) electrons. The molecule has 0 aliphatic carbocycles. The minimum atomic E-state index is -0.283. The summed E-state index contributed by atoms with van der Waals surface area (Å²) < 4.78 is 16.5. The number of aryl methyl sites for hydroxylation is 1. The number of furan rings is 1. The van der Waals surface area contributed by atoms with Gasteiger partial charge in [0, 0.05) is 19.0 Å². The SMILES string of the molecule is COc1cccc2cc(C(=O)NC[C@H](OC)c3ccccc3C)oc12. The van der Waals surface area contributed by atoms with E-state index in [1.54, 1.807) is 26.4 Å². The van der Waals surface area contributed by atoms with Crippen molar-refractivity contribution in [2.75, 3.05) is 20.8 Å². The lowest BCUT2D eigenvalue weighted by molar-refractivity contribution is 0.0807. The molecule has 3 rings (SSSR count). The molecule has 5 nitrogen and oxygen atoms in total. The van der Waals surface area contributed by atoms with Gasteiger partial charge in [-0.05, 0) is 30.2 Å². The Morgan fingerprint density at radius 1 is 1.16 bits per heavy atom. The van der Waals surface area contributed by atoms with E-state index in [1.807, 2.05) is 43.3 Å². The molecule has 1 heterocycles. The molecule has 0 saturated carbocycles. The zero-order chi connectivity index (χ0) is 17.8. The number of rotatable bonds is 6. The summed E-state index contributed by atoms with van der Waals surface area (Å²) in [6, 6.07) is 15.2. The fourth-order valence-electron chi connectivity index (χ4n) is 2.85. The summed E-state index contributed by atoms with van der Waals surface area (Å²) in [6.45, 7) is 2.38. The minimum absolute atomic E-state index is 0.218. The fourth-order valence-corrected chi connectivity index (χ4v) is 2.85. The second-order valence-corrected chi connectivity index (χ2v) is 5.78. The van der Waals surface area contributed by atoms with Gasteiger partial charge < -0.3 is 19.2 Å². The second-order valence-electron chi connectivity index (χ2n) is 5.78. The summed E-state index contributed by atoms with van der Waals surface area (Å²) in [4.78, 5) is 12.4. The molecule has 1 aromatic heterocycles. The predicted octanol–water partition coefficient (Wildman–Crippen LogP) is 3.87. The lowest BCUT2D eigenvalue weighted by atomic mass is 10.0. The Morgan fingerprint density at radius 3 is 2.68 bits per heavy atom. The van der Waals surface area contributed by atoms with Crippen LogP contribution in [0.4, 0.5) is 0 Å². The number of para-hydroxylation sites is 1. The highest BCUT2D eigenvalue weighted by Gasteiger charge is 2.18. The van der Waals surface area contributed by atoms with E-state index < -0.39 is 0 Å². The molecular weight excluding hydrogens is 318 g/mol. The summed E-state index contributed by atoms with van der Waals surface area (Å²) in [6.07, 6.45) is -0.218. The Bertz CT molecular complexity index is 884. The number of benzene rings is 2. The molecule has 2 aromatic carbocycles. The number of carbonyl (C=O) groups excluding carboxylic acids is 1. The number of carbonyl (C=O) groups is 1. The third kappa shape index (κ3) is 3.51. The van der Waals surface area contributed by atoms with Gasteiger partial charge in [-0.15, -0.1) is 0 Å². The standard InChI is InChI=1S/C20H21NO4/c1-13-7-4-5-9-15(13)18(24-3)12-21-20(22)17-11-14-8-6-10-16(23-2)19(14)25-17/h4-11,18H,12H2,1-3H3,(H,21,22)/t18-/m0/s1. The average Bonchev–Trinajstić information content (AvgIpc) is 3.07. The maximum Gasteiger partial charge on any atom is 0.287 e. The van der Waals surface area contributed by atoms with E-state index in [1.165, 1.54) is 0 Å². The molecule has 5 heteroatoms. The molecular formula is C20H21NO4. The maximum absolute atomic E-state index is 12.4. The van der Waals surface area contributed by atoms with Crippen molar-refractivity contribution in [3.63, 3.8) is 0 Å². The zero-order valence-corrected chi connectivity index (χ0v) is 14.5. The van der Waals surface area contributed by atoms with E-state index in [0.717, 1.165) is 16.5 Å². The number of hydrogen-bond donors (Lipinski definition) is 1. The van der Waals surface area contributed by atoms with Crippen molar-refractivity contribution in [1.29, 1.82) is 0 Å². The Morgan fingerprint density at radius 2 is 1.96 bits per heavy atom. The second kappa shape index (κ2) is 7.40. The van der Waals surface area contributed by atoms with E-state index in [9.17, 15) is 4.79 Å². The number of fused-ring (bicyclic) bond motifs is 1. The molecule has 0 unspecified atom stereocenters. The molecule has 1 amide bonds. The van der Waals surface area contributed by atoms with E-state index in [2.05, 4.69) is 5.32 Å². The molecule has 0 aliphatic rings. The largest absolute Gasteiger partial charge is 0.493 e. The zero-order valence-electron chi connectivity index (χ0n) is 14.5. The first-order chi connectivity index (χ1) is 12.1. The van der Waals surface area contributed by atoms with Crippen LogP contribution in [0.3, 0.4) is 0 Å². The predicted molar refractivity (Wildman–Crippen MR) is 96.0 cm³/mol. The van der Waals surface area contributed by atoms with Gasteiger partial charge in [-0.1, -0.05) is 36.4 Å². The van der Waals surface area contributed by atoms with Crippen molar-refractivity contribution in [3.05, 3.63) is 65.4 Å². The van der Waals surface area contributed by atoms with Gasteiger partial charge in [0.05, 0.1) is 13.2 Å². The minimum Gasteiger partial charge on any atom is -0.493 e. The van der Waals surface area contributed by atoms with Crippen LogP contribution in [0, 0.1) is 6.92 Å². The number of amides is 1. The van der Waals surface area contributed by atoms with Gasteiger partial charge in [0.1, 0.15) is 0 Å². The van der Waals surface area contributed by atoms with Crippen LogP contribution in [0.25, 0.3) is 11.0 Å². The summed E-state index contributed by atoms with van der Waals surface area (Å²) in [5.41, 5.74) is 2.74. The van der Waals surface area contributed by atoms with E-state index in [4.69, 9.17) is 13.9 Å². The van der Waals surface area contributed by atoms with Crippen molar-refractivity contribution in [3.8, 4) is 5.75 Å². The van der Waals surface area contributed by atoms with Gasteiger partial charge in [0.25, 0.3) is 5.91 Å². The van der Waals surface area contributed by atoms with Crippen molar-refractivity contribution >= 4 is 16.9 Å². The van der Waals surface area contributed by atoms with Crippen LogP contribution in [-0.2, 0) is 4.74 Å². The van der Waals surface area contributed by atoms with Crippen LogP contribution >= 0.6 is 0 Å². The molecule has 0 aliphatic heterocycles. The smallest absolute Gasteiger partial charge is 0.287 e. The lowest BCUT2D eigenvalue weighted by Crippen LogP contribution is -2.29. The highest BCUT2D eigenvalue weighted by molar-refractivity contribution is 5.97. The molecule has 0 spiro atoms. The van der Waals surface area contributed by atoms with Gasteiger partial charge in [0.2, 0.25) is 0 Å². The first-order valence-electron chi connectivity index (χ1n) is 8.07. The number of methoxy groups -OCH3 is 2. The molecule has 1 N–H and O–H groups in total. The average molecular weight is 339 g/mol. The molecule has 0 saturated heterocycles. The van der Waals surface area contributed by atoms with Crippen LogP contribution in [0.2, 0.25) is 0 Å². The molecule has 130 valence electrons. The Kier molecular flexibility index (Phi) is 5.05. The highest BCUT2D eigenvalue weighted by Crippen LogP contribution is 2.28. The third-order valence-corrected chi connectivity index (χ3v) is 4.22. The number of hydrogen-bond acceptors (Lipinski definition) is 4. The Hall–Kier alpha value is -2.79. The Labute approximate surface area is 146 Å². The van der Waals surface area contributed by atoms with E-state index >= 15 is 0 Å². The highest BCUT2D eigenvalue weighted by atomic mass is 16.5. The normalized spacial score (nSPS) is 12.1. The lowest BCUT2D eigenvalue weighted by Gasteiger charge is -2.18. The summed E-state index contributed by atoms with van der Waals surface area (Å²) >= 11 is 0. The first kappa shape index (κ1) is 17.0. The van der Waals surface area contributed by atoms with Crippen LogP contribution < -0.4 is 10.1 Å². The first-order valence-corrected chi connectivity index (χ1v) is 8.07. The maximum atomic E-state index is 12.4. The number of ether oxygens (including phenoxy) is 2. The third-order valence-electron chi connectivity index (χ3n) is 4.22. The fraction of sp³-hybridized carbons (Fsp3) is 0.250. The Balaban J connectivity index is 1.75. The van der Waals surface area contributed by atoms with Gasteiger partial charge in [-0.3, -0.25) is 4.79 Å². The topological polar surface area (TPSA) is 60.7 Å². The van der Waals surface area contributed by atoms with Gasteiger partial charge in [0.15, 0.2) is 17.1 Å². The van der Waals surface area contributed by atoms with Crippen LogP contribution in [-0.4, -0.2) is 26.7 Å². The van der Waals surface area contributed by atoms with Gasteiger partial charge in [-0.25, -0.2) is 0 Å². The summed E-state index contributed by atoms with van der Waals surface area (Å²) in [5.74, 6) is 0.569. The van der Waals surface area contributed by atoms with Crippen molar-refractivity contribution in [2.45, 2.75) is 13.0 Å². The van der Waals surface area contributed by atoms with E-state index in [-0.39, 0.29) is 17.8 Å². The molecule has 0 fully saturated rings. The van der Waals surface area contributed by atoms with Crippen LogP contribution in [0.15, 0.2) is 52.9 Å². The summed E-state index contributed by atoms with van der Waals surface area (Å²) in [5, 5.41) is 3.70. The van der Waals surface area contributed by atoms with Crippen molar-refractivity contribution < 1.29 is 18.7 Å². The van der Waals surface area contributed by atoms with Crippen molar-refractivity contribution in [1.82, 2.24) is 5.32 Å². The van der Waals surface area contributed by atoms with Crippen LogP contribution in [0.5, 0.6) is 5.75 Å². The number of nitrogens with one attached hydrogen (secondary N) is 1. The van der Waals surface area contributed by atoms with Gasteiger partial charge >= 0.3 is 0 Å². The van der Waals surface area contributed by atoms with Crippen molar-refractivity contribution in [2.24, 2.45) is 0 Å². The van der Waals surface area contributed by atoms with Crippen LogP contribution in [0.1, 0.15) is 27.8 Å². The molecule has 25 heavy (non-hydrogen) atoms. The van der Waals surface area contributed by atoms with Gasteiger partial charge in [-0.2, -0.15) is 0 Å². The molecule has 1 atom stereocenters. The molecule has 3 aromatic rings. The summed E-state index contributed by atoms with van der Waals surface area (Å²) in [7, 11) is 3.21. The monoisotopic (exact) mass is 339 g/mol.